The summed E-state index contributed by atoms with van der Waals surface area (Å²) >= 11 is 0. The molecule has 9 nitrogen and oxygen atoms in total. The Morgan fingerprint density at radius 3 is 2.64 bits per heavy atom. The van der Waals surface area contributed by atoms with Crippen molar-refractivity contribution in [2.75, 3.05) is 44.6 Å². The first-order chi connectivity index (χ1) is 13.6. The minimum Gasteiger partial charge on any atom is -0.485 e. The summed E-state index contributed by atoms with van der Waals surface area (Å²) in [5, 5.41) is 6.45. The molecular formula is C19H22N4O5. The number of amides is 2. The highest BCUT2D eigenvalue weighted by atomic mass is 16.6. The van der Waals surface area contributed by atoms with Crippen LogP contribution in [-0.2, 0) is 9.59 Å². The molecule has 0 bridgehead atoms. The molecule has 148 valence electrons. The van der Waals surface area contributed by atoms with Crippen molar-refractivity contribution in [2.24, 2.45) is 0 Å². The van der Waals surface area contributed by atoms with E-state index < -0.39 is 6.10 Å². The molecule has 0 radical (unpaired) electrons. The minimum absolute atomic E-state index is 0.0864. The normalized spacial score (nSPS) is 19.3. The molecule has 2 aliphatic rings. The number of aryl methyl sites for hydroxylation is 1. The molecule has 0 spiro atoms. The van der Waals surface area contributed by atoms with Crippen LogP contribution in [0.25, 0.3) is 0 Å². The zero-order valence-corrected chi connectivity index (χ0v) is 15.6. The van der Waals surface area contributed by atoms with Gasteiger partial charge >= 0.3 is 0 Å². The highest BCUT2D eigenvalue weighted by Crippen LogP contribution is 2.31. The standard InChI is InChI=1S/C19H22N4O5/c1-13-10-17(21-28-13)20-18(24)11-22-6-8-23(9-7-22)19(25)16-12-26-14-4-2-3-5-15(14)27-16/h2-5,10,16H,6-9,11-12H2,1H3,(H,20,21,24)/t16-/m1/s1. The van der Waals surface area contributed by atoms with Crippen LogP contribution in [0.4, 0.5) is 5.82 Å². The van der Waals surface area contributed by atoms with E-state index in [0.717, 1.165) is 0 Å². The first-order valence-electron chi connectivity index (χ1n) is 9.21. The molecule has 0 aliphatic carbocycles. The topological polar surface area (TPSA) is 97.1 Å². The second kappa shape index (κ2) is 7.89. The molecular weight excluding hydrogens is 364 g/mol. The number of nitrogens with one attached hydrogen (secondary N) is 1. The fraction of sp³-hybridized carbons (Fsp3) is 0.421. The number of carbonyl (C=O) groups is 2. The second-order valence-electron chi connectivity index (χ2n) is 6.84. The lowest BCUT2D eigenvalue weighted by Gasteiger charge is -2.36. The summed E-state index contributed by atoms with van der Waals surface area (Å²) < 4.78 is 16.4. The fourth-order valence-corrected chi connectivity index (χ4v) is 3.28. The Morgan fingerprint density at radius 1 is 1.18 bits per heavy atom. The summed E-state index contributed by atoms with van der Waals surface area (Å²) in [5.74, 6) is 2.05. The maximum absolute atomic E-state index is 12.7. The predicted octanol–water partition coefficient (Wildman–Crippen LogP) is 0.906. The third-order valence-electron chi connectivity index (χ3n) is 4.73. The van der Waals surface area contributed by atoms with Gasteiger partial charge in [0.2, 0.25) is 12.0 Å². The first-order valence-corrected chi connectivity index (χ1v) is 9.21. The third kappa shape index (κ3) is 4.09. The van der Waals surface area contributed by atoms with Crippen molar-refractivity contribution in [3.05, 3.63) is 36.1 Å². The van der Waals surface area contributed by atoms with Gasteiger partial charge < -0.3 is 24.2 Å². The zero-order valence-electron chi connectivity index (χ0n) is 15.6. The van der Waals surface area contributed by atoms with E-state index in [1.54, 1.807) is 24.0 Å². The van der Waals surface area contributed by atoms with E-state index in [1.165, 1.54) is 0 Å². The first kappa shape index (κ1) is 18.3. The summed E-state index contributed by atoms with van der Waals surface area (Å²) in [4.78, 5) is 28.6. The van der Waals surface area contributed by atoms with E-state index in [1.807, 2.05) is 23.1 Å². The van der Waals surface area contributed by atoms with Gasteiger partial charge in [0.1, 0.15) is 12.4 Å². The van der Waals surface area contributed by atoms with Crippen molar-refractivity contribution < 1.29 is 23.6 Å². The zero-order chi connectivity index (χ0) is 19.5. The van der Waals surface area contributed by atoms with Gasteiger partial charge in [-0.2, -0.15) is 0 Å². The van der Waals surface area contributed by atoms with Crippen LogP contribution in [0, 0.1) is 6.92 Å². The number of hydrogen-bond donors (Lipinski definition) is 1. The number of carbonyl (C=O) groups excluding carboxylic acids is 2. The van der Waals surface area contributed by atoms with Crippen molar-refractivity contribution in [3.8, 4) is 11.5 Å². The quantitative estimate of drug-likeness (QED) is 0.834. The molecule has 0 unspecified atom stereocenters. The van der Waals surface area contributed by atoms with Crippen molar-refractivity contribution >= 4 is 17.6 Å². The van der Waals surface area contributed by atoms with Crippen LogP contribution in [0.2, 0.25) is 0 Å². The SMILES string of the molecule is Cc1cc(NC(=O)CN2CCN(C(=O)[C@H]3COc4ccccc4O3)CC2)no1. The summed E-state index contributed by atoms with van der Waals surface area (Å²) in [5.41, 5.74) is 0. The number of ether oxygens (including phenoxy) is 2. The lowest BCUT2D eigenvalue weighted by Crippen LogP contribution is -2.54. The molecule has 28 heavy (non-hydrogen) atoms. The Morgan fingerprint density at radius 2 is 1.93 bits per heavy atom. The molecule has 1 atom stereocenters. The van der Waals surface area contributed by atoms with Gasteiger partial charge in [-0.25, -0.2) is 0 Å². The van der Waals surface area contributed by atoms with Crippen molar-refractivity contribution in [1.29, 1.82) is 0 Å². The van der Waals surface area contributed by atoms with Crippen molar-refractivity contribution in [3.63, 3.8) is 0 Å². The number of rotatable bonds is 4. The van der Waals surface area contributed by atoms with E-state index in [2.05, 4.69) is 10.5 Å². The molecule has 9 heteroatoms. The van der Waals surface area contributed by atoms with Gasteiger partial charge in [0.25, 0.3) is 5.91 Å². The lowest BCUT2D eigenvalue weighted by molar-refractivity contribution is -0.143. The molecule has 3 heterocycles. The average molecular weight is 386 g/mol. The number of para-hydroxylation sites is 2. The van der Waals surface area contributed by atoms with Gasteiger partial charge in [-0.3, -0.25) is 14.5 Å². The Labute approximate surface area is 162 Å². The molecule has 1 N–H and O–H groups in total. The average Bonchev–Trinajstić information content (AvgIpc) is 3.12. The highest BCUT2D eigenvalue weighted by molar-refractivity contribution is 5.91. The Balaban J connectivity index is 1.25. The third-order valence-corrected chi connectivity index (χ3v) is 4.73. The highest BCUT2D eigenvalue weighted by Gasteiger charge is 2.32. The molecule has 1 fully saturated rings. The number of nitrogens with zero attached hydrogens (tertiary/aromatic N) is 3. The maximum Gasteiger partial charge on any atom is 0.267 e. The summed E-state index contributed by atoms with van der Waals surface area (Å²) in [6.07, 6.45) is -0.639. The smallest absolute Gasteiger partial charge is 0.267 e. The largest absolute Gasteiger partial charge is 0.485 e. The van der Waals surface area contributed by atoms with E-state index in [9.17, 15) is 9.59 Å². The predicted molar refractivity (Wildman–Crippen MR) is 99.2 cm³/mol. The Kier molecular flexibility index (Phi) is 5.16. The van der Waals surface area contributed by atoms with Crippen LogP contribution >= 0.6 is 0 Å². The summed E-state index contributed by atoms with van der Waals surface area (Å²) in [7, 11) is 0. The van der Waals surface area contributed by atoms with Gasteiger partial charge in [0.05, 0.1) is 6.54 Å². The van der Waals surface area contributed by atoms with E-state index in [4.69, 9.17) is 14.0 Å². The molecule has 0 saturated carbocycles. The Hall–Kier alpha value is -3.07. The van der Waals surface area contributed by atoms with E-state index in [0.29, 0.717) is 49.3 Å². The number of anilines is 1. The van der Waals surface area contributed by atoms with Crippen LogP contribution in [0.15, 0.2) is 34.9 Å². The summed E-state index contributed by atoms with van der Waals surface area (Å²) in [6.45, 7) is 4.51. The van der Waals surface area contributed by atoms with Crippen molar-refractivity contribution in [1.82, 2.24) is 15.0 Å². The number of hydrogen-bond acceptors (Lipinski definition) is 7. The van der Waals surface area contributed by atoms with Gasteiger partial charge in [0, 0.05) is 32.2 Å². The van der Waals surface area contributed by atoms with Crippen molar-refractivity contribution in [2.45, 2.75) is 13.0 Å². The van der Waals surface area contributed by atoms with Crippen LogP contribution < -0.4 is 14.8 Å². The Bertz CT molecular complexity index is 860. The maximum atomic E-state index is 12.7. The number of benzene rings is 1. The summed E-state index contributed by atoms with van der Waals surface area (Å²) in [6, 6.07) is 8.99. The number of fused-ring (bicyclic) bond motifs is 1. The molecule has 1 saturated heterocycles. The van der Waals surface area contributed by atoms with Gasteiger partial charge in [-0.05, 0) is 19.1 Å². The van der Waals surface area contributed by atoms with Crippen LogP contribution in [-0.4, -0.2) is 72.2 Å². The van der Waals surface area contributed by atoms with Gasteiger partial charge in [-0.15, -0.1) is 0 Å². The van der Waals surface area contributed by atoms with Crippen LogP contribution in [0.1, 0.15) is 5.76 Å². The molecule has 4 rings (SSSR count). The van der Waals surface area contributed by atoms with Crippen LogP contribution in [0.3, 0.4) is 0 Å². The van der Waals surface area contributed by atoms with E-state index >= 15 is 0 Å². The molecule has 2 amide bonds. The molecule has 2 aliphatic heterocycles. The number of aromatic nitrogens is 1. The monoisotopic (exact) mass is 386 g/mol. The molecule has 1 aromatic heterocycles. The van der Waals surface area contributed by atoms with Gasteiger partial charge in [-0.1, -0.05) is 17.3 Å². The van der Waals surface area contributed by atoms with Gasteiger partial charge in [0.15, 0.2) is 17.3 Å². The molecule has 1 aromatic carbocycles. The van der Waals surface area contributed by atoms with Crippen LogP contribution in [0.5, 0.6) is 11.5 Å². The molecule has 2 aromatic rings. The fourth-order valence-electron chi connectivity index (χ4n) is 3.28. The van der Waals surface area contributed by atoms with E-state index in [-0.39, 0.29) is 25.0 Å². The second-order valence-corrected chi connectivity index (χ2v) is 6.84. The number of piperazine rings is 1. The lowest BCUT2D eigenvalue weighted by atomic mass is 10.2. The minimum atomic E-state index is -0.639.